The maximum atomic E-state index is 10.1. The van der Waals surface area contributed by atoms with Crippen LogP contribution in [-0.2, 0) is 0 Å². The summed E-state index contributed by atoms with van der Waals surface area (Å²) in [7, 11) is 0. The Labute approximate surface area is 113 Å². The quantitative estimate of drug-likeness (QED) is 0.811. The van der Waals surface area contributed by atoms with Gasteiger partial charge in [0.15, 0.2) is 0 Å². The molecular weight excluding hydrogens is 224 g/mol. The SMILES string of the molecule is CC(CC(C)(O)CN)N1CCC(C(C)(C)C)CC1. The molecule has 3 N–H and O–H groups in total. The number of likely N-dealkylation sites (tertiary alicyclic amines) is 1. The number of piperidine rings is 1. The van der Waals surface area contributed by atoms with Gasteiger partial charge < -0.3 is 15.7 Å². The summed E-state index contributed by atoms with van der Waals surface area (Å²) < 4.78 is 0. The molecule has 0 amide bonds. The van der Waals surface area contributed by atoms with Crippen LogP contribution in [0.3, 0.4) is 0 Å². The molecule has 2 unspecified atom stereocenters. The monoisotopic (exact) mass is 256 g/mol. The van der Waals surface area contributed by atoms with E-state index >= 15 is 0 Å². The smallest absolute Gasteiger partial charge is 0.0756 e. The Balaban J connectivity index is 2.43. The molecule has 1 rings (SSSR count). The minimum Gasteiger partial charge on any atom is -0.389 e. The largest absolute Gasteiger partial charge is 0.389 e. The highest BCUT2D eigenvalue weighted by molar-refractivity contribution is 4.86. The molecule has 18 heavy (non-hydrogen) atoms. The van der Waals surface area contributed by atoms with Crippen molar-refractivity contribution in [1.29, 1.82) is 0 Å². The average molecular weight is 256 g/mol. The first-order valence-corrected chi connectivity index (χ1v) is 7.32. The molecule has 0 aromatic rings. The van der Waals surface area contributed by atoms with Gasteiger partial charge in [0, 0.05) is 12.6 Å². The van der Waals surface area contributed by atoms with E-state index in [1.165, 1.54) is 12.8 Å². The maximum Gasteiger partial charge on any atom is 0.0756 e. The fourth-order valence-electron chi connectivity index (χ4n) is 3.06. The van der Waals surface area contributed by atoms with E-state index in [1.54, 1.807) is 0 Å². The third-order valence-corrected chi connectivity index (χ3v) is 4.55. The van der Waals surface area contributed by atoms with Gasteiger partial charge in [0.25, 0.3) is 0 Å². The Hall–Kier alpha value is -0.120. The Kier molecular flexibility index (Phi) is 5.22. The van der Waals surface area contributed by atoms with Crippen LogP contribution >= 0.6 is 0 Å². The zero-order valence-corrected chi connectivity index (χ0v) is 12.9. The molecular formula is C15H32N2O. The average Bonchev–Trinajstić information content (AvgIpc) is 2.27. The predicted octanol–water partition coefficient (Wildman–Crippen LogP) is 2.23. The van der Waals surface area contributed by atoms with Crippen molar-refractivity contribution < 1.29 is 5.11 Å². The minimum atomic E-state index is -0.722. The number of aliphatic hydroxyl groups is 1. The summed E-state index contributed by atoms with van der Waals surface area (Å²) in [5.74, 6) is 0.830. The van der Waals surface area contributed by atoms with Gasteiger partial charge in [-0.25, -0.2) is 0 Å². The van der Waals surface area contributed by atoms with Gasteiger partial charge in [-0.2, -0.15) is 0 Å². The normalized spacial score (nSPS) is 24.8. The Morgan fingerprint density at radius 1 is 1.22 bits per heavy atom. The second-order valence-electron chi connectivity index (χ2n) is 7.43. The summed E-state index contributed by atoms with van der Waals surface area (Å²) in [6.45, 7) is 13.7. The molecule has 1 aliphatic heterocycles. The Bertz CT molecular complexity index is 250. The summed E-state index contributed by atoms with van der Waals surface area (Å²) in [6, 6.07) is 0.421. The van der Waals surface area contributed by atoms with Crippen molar-refractivity contribution in [1.82, 2.24) is 4.90 Å². The maximum absolute atomic E-state index is 10.1. The first-order chi connectivity index (χ1) is 8.15. The summed E-state index contributed by atoms with van der Waals surface area (Å²) in [6.07, 6.45) is 3.32. The van der Waals surface area contributed by atoms with E-state index in [2.05, 4.69) is 32.6 Å². The molecule has 0 saturated carbocycles. The molecule has 3 nitrogen and oxygen atoms in total. The lowest BCUT2D eigenvalue weighted by Gasteiger charge is -2.42. The highest BCUT2D eigenvalue weighted by Crippen LogP contribution is 2.35. The van der Waals surface area contributed by atoms with Gasteiger partial charge in [0.05, 0.1) is 5.60 Å². The van der Waals surface area contributed by atoms with Gasteiger partial charge >= 0.3 is 0 Å². The molecule has 1 heterocycles. The molecule has 0 aromatic heterocycles. The van der Waals surface area contributed by atoms with Crippen molar-refractivity contribution in [3.05, 3.63) is 0 Å². The first kappa shape index (κ1) is 15.9. The number of nitrogens with zero attached hydrogens (tertiary/aromatic N) is 1. The molecule has 2 atom stereocenters. The lowest BCUT2D eigenvalue weighted by molar-refractivity contribution is 0.0139. The third-order valence-electron chi connectivity index (χ3n) is 4.55. The highest BCUT2D eigenvalue weighted by Gasteiger charge is 2.32. The molecule has 1 saturated heterocycles. The second kappa shape index (κ2) is 5.89. The van der Waals surface area contributed by atoms with Crippen molar-refractivity contribution in [2.45, 2.75) is 65.5 Å². The van der Waals surface area contributed by atoms with Crippen LogP contribution in [0.4, 0.5) is 0 Å². The van der Waals surface area contributed by atoms with Crippen molar-refractivity contribution in [3.63, 3.8) is 0 Å². The van der Waals surface area contributed by atoms with E-state index in [9.17, 15) is 5.11 Å². The van der Waals surface area contributed by atoms with E-state index < -0.39 is 5.60 Å². The second-order valence-corrected chi connectivity index (χ2v) is 7.43. The van der Waals surface area contributed by atoms with Gasteiger partial charge in [-0.15, -0.1) is 0 Å². The summed E-state index contributed by atoms with van der Waals surface area (Å²) >= 11 is 0. The highest BCUT2D eigenvalue weighted by atomic mass is 16.3. The van der Waals surface area contributed by atoms with E-state index in [4.69, 9.17) is 5.73 Å². The number of hydrogen-bond acceptors (Lipinski definition) is 3. The number of hydrogen-bond donors (Lipinski definition) is 2. The van der Waals surface area contributed by atoms with Crippen molar-refractivity contribution in [2.24, 2.45) is 17.1 Å². The van der Waals surface area contributed by atoms with Crippen molar-refractivity contribution >= 4 is 0 Å². The van der Waals surface area contributed by atoms with Crippen LogP contribution in [0.5, 0.6) is 0 Å². The molecule has 0 aromatic carbocycles. The molecule has 1 aliphatic rings. The van der Waals surface area contributed by atoms with Crippen LogP contribution in [0.15, 0.2) is 0 Å². The van der Waals surface area contributed by atoms with Gasteiger partial charge in [0.1, 0.15) is 0 Å². The van der Waals surface area contributed by atoms with Crippen LogP contribution in [-0.4, -0.2) is 41.3 Å². The van der Waals surface area contributed by atoms with Crippen LogP contribution in [0.2, 0.25) is 0 Å². The molecule has 1 fully saturated rings. The van der Waals surface area contributed by atoms with Gasteiger partial charge in [-0.3, -0.25) is 0 Å². The van der Waals surface area contributed by atoms with Crippen LogP contribution in [0.25, 0.3) is 0 Å². The molecule has 0 radical (unpaired) electrons. The van der Waals surface area contributed by atoms with Gasteiger partial charge in [-0.1, -0.05) is 20.8 Å². The molecule has 0 spiro atoms. The number of nitrogens with two attached hydrogens (primary N) is 1. The lowest BCUT2D eigenvalue weighted by atomic mass is 9.75. The topological polar surface area (TPSA) is 49.5 Å². The summed E-state index contributed by atoms with van der Waals surface area (Å²) in [5.41, 5.74) is 5.30. The standard InChI is InChI=1S/C15H32N2O/c1-12(10-15(5,18)11-16)17-8-6-13(7-9-17)14(2,3)4/h12-13,18H,6-11,16H2,1-5H3. The molecule has 108 valence electrons. The van der Waals surface area contributed by atoms with Crippen molar-refractivity contribution in [2.75, 3.05) is 19.6 Å². The van der Waals surface area contributed by atoms with E-state index in [1.807, 2.05) is 6.92 Å². The van der Waals surface area contributed by atoms with E-state index in [0.717, 1.165) is 25.4 Å². The molecule has 0 bridgehead atoms. The van der Waals surface area contributed by atoms with Crippen molar-refractivity contribution in [3.8, 4) is 0 Å². The zero-order chi connectivity index (χ0) is 14.0. The molecule has 3 heteroatoms. The van der Waals surface area contributed by atoms with Crippen LogP contribution in [0, 0.1) is 11.3 Å². The predicted molar refractivity (Wildman–Crippen MR) is 77.5 cm³/mol. The Morgan fingerprint density at radius 3 is 2.11 bits per heavy atom. The fraction of sp³-hybridized carbons (Fsp3) is 1.00. The molecule has 0 aliphatic carbocycles. The lowest BCUT2D eigenvalue weighted by Crippen LogP contribution is -2.47. The third kappa shape index (κ3) is 4.52. The summed E-state index contributed by atoms with van der Waals surface area (Å²) in [4.78, 5) is 2.51. The van der Waals surface area contributed by atoms with E-state index in [0.29, 0.717) is 18.0 Å². The van der Waals surface area contributed by atoms with Gasteiger partial charge in [-0.05, 0) is 57.5 Å². The zero-order valence-electron chi connectivity index (χ0n) is 12.9. The minimum absolute atomic E-state index is 0.343. The first-order valence-electron chi connectivity index (χ1n) is 7.32. The summed E-state index contributed by atoms with van der Waals surface area (Å²) in [5, 5.41) is 10.1. The van der Waals surface area contributed by atoms with Crippen LogP contribution < -0.4 is 5.73 Å². The Morgan fingerprint density at radius 2 is 1.72 bits per heavy atom. The van der Waals surface area contributed by atoms with Gasteiger partial charge in [0.2, 0.25) is 0 Å². The van der Waals surface area contributed by atoms with Crippen LogP contribution in [0.1, 0.15) is 53.9 Å². The number of rotatable bonds is 4. The fourth-order valence-corrected chi connectivity index (χ4v) is 3.06. The van der Waals surface area contributed by atoms with E-state index in [-0.39, 0.29) is 0 Å².